The summed E-state index contributed by atoms with van der Waals surface area (Å²) < 4.78 is 0. The molecular weight excluding hydrogens is 114 g/mol. The Labute approximate surface area is 55.0 Å². The van der Waals surface area contributed by atoms with E-state index in [4.69, 9.17) is 0 Å². The predicted molar refractivity (Wildman–Crippen MR) is 36.8 cm³/mol. The van der Waals surface area contributed by atoms with Gasteiger partial charge in [0.25, 0.3) is 0 Å². The third-order valence-electron chi connectivity index (χ3n) is 1.54. The van der Waals surface area contributed by atoms with E-state index < -0.39 is 0 Å². The summed E-state index contributed by atoms with van der Waals surface area (Å²) in [6, 6.07) is 0. The molecule has 2 nitrogen and oxygen atoms in total. The molecule has 50 valence electrons. The standard InChI is InChI=1S/C7H11NO/c1-2-6-5-7(9)3-4-8-6/h2-5H2,1H3. The highest BCUT2D eigenvalue weighted by atomic mass is 16.1. The van der Waals surface area contributed by atoms with Crippen molar-refractivity contribution in [3.05, 3.63) is 0 Å². The zero-order chi connectivity index (χ0) is 6.69. The van der Waals surface area contributed by atoms with E-state index in [1.807, 2.05) is 6.92 Å². The van der Waals surface area contributed by atoms with E-state index in [-0.39, 0.29) is 0 Å². The smallest absolute Gasteiger partial charge is 0.140 e. The van der Waals surface area contributed by atoms with Crippen LogP contribution in [0.2, 0.25) is 0 Å². The molecule has 0 spiro atoms. The van der Waals surface area contributed by atoms with Gasteiger partial charge in [-0.15, -0.1) is 0 Å². The highest BCUT2D eigenvalue weighted by Crippen LogP contribution is 2.03. The molecule has 0 saturated heterocycles. The molecule has 9 heavy (non-hydrogen) atoms. The van der Waals surface area contributed by atoms with E-state index in [9.17, 15) is 4.79 Å². The topological polar surface area (TPSA) is 29.4 Å². The lowest BCUT2D eigenvalue weighted by Gasteiger charge is -2.07. The number of Topliss-reactive ketones (excluding diaryl/α,β-unsaturated/α-hetero) is 1. The second-order valence-corrected chi connectivity index (χ2v) is 2.27. The van der Waals surface area contributed by atoms with Crippen molar-refractivity contribution >= 4 is 11.5 Å². The highest BCUT2D eigenvalue weighted by molar-refractivity contribution is 6.03. The normalized spacial score (nSPS) is 19.7. The lowest BCUT2D eigenvalue weighted by molar-refractivity contribution is -0.118. The van der Waals surface area contributed by atoms with Gasteiger partial charge in [0, 0.05) is 25.1 Å². The van der Waals surface area contributed by atoms with Crippen molar-refractivity contribution in [1.29, 1.82) is 0 Å². The summed E-state index contributed by atoms with van der Waals surface area (Å²) in [5, 5.41) is 0. The highest BCUT2D eigenvalue weighted by Gasteiger charge is 2.09. The first kappa shape index (κ1) is 6.46. The first-order chi connectivity index (χ1) is 4.33. The van der Waals surface area contributed by atoms with Crippen molar-refractivity contribution in [3.63, 3.8) is 0 Å². The molecule has 1 aliphatic rings. The van der Waals surface area contributed by atoms with Crippen molar-refractivity contribution in [3.8, 4) is 0 Å². The molecule has 1 rings (SSSR count). The third-order valence-corrected chi connectivity index (χ3v) is 1.54. The van der Waals surface area contributed by atoms with E-state index in [0.29, 0.717) is 18.6 Å². The molecule has 0 saturated carbocycles. The minimum Gasteiger partial charge on any atom is -0.299 e. The molecule has 0 aromatic rings. The second kappa shape index (κ2) is 2.76. The summed E-state index contributed by atoms with van der Waals surface area (Å²) in [5.41, 5.74) is 1.08. The Kier molecular flexibility index (Phi) is 1.98. The number of ketones is 1. The summed E-state index contributed by atoms with van der Waals surface area (Å²) in [6.45, 7) is 2.76. The molecule has 0 bridgehead atoms. The fraction of sp³-hybridized carbons (Fsp3) is 0.714. The first-order valence-electron chi connectivity index (χ1n) is 3.37. The molecule has 0 N–H and O–H groups in total. The number of carbonyl (C=O) groups excluding carboxylic acids is 1. The number of rotatable bonds is 1. The minimum absolute atomic E-state index is 0.349. The summed E-state index contributed by atoms with van der Waals surface area (Å²) in [5.74, 6) is 0.349. The van der Waals surface area contributed by atoms with Crippen LogP contribution >= 0.6 is 0 Å². The molecular formula is C7H11NO. The van der Waals surface area contributed by atoms with Gasteiger partial charge in [0.2, 0.25) is 0 Å². The molecule has 0 atom stereocenters. The second-order valence-electron chi connectivity index (χ2n) is 2.27. The molecule has 0 aromatic carbocycles. The molecule has 0 unspecified atom stereocenters. The third kappa shape index (κ3) is 1.63. The Morgan fingerprint density at radius 2 is 2.44 bits per heavy atom. The van der Waals surface area contributed by atoms with Crippen molar-refractivity contribution in [2.75, 3.05) is 6.54 Å². The van der Waals surface area contributed by atoms with Crippen LogP contribution in [0.25, 0.3) is 0 Å². The van der Waals surface area contributed by atoms with Gasteiger partial charge >= 0.3 is 0 Å². The van der Waals surface area contributed by atoms with Gasteiger partial charge in [-0.2, -0.15) is 0 Å². The van der Waals surface area contributed by atoms with Gasteiger partial charge in [0.1, 0.15) is 5.78 Å². The fourth-order valence-electron chi connectivity index (χ4n) is 0.947. The monoisotopic (exact) mass is 125 g/mol. The number of carbonyl (C=O) groups is 1. The van der Waals surface area contributed by atoms with E-state index in [2.05, 4.69) is 4.99 Å². The van der Waals surface area contributed by atoms with E-state index in [1.165, 1.54) is 0 Å². The Morgan fingerprint density at radius 1 is 1.67 bits per heavy atom. The average molecular weight is 125 g/mol. The molecule has 0 radical (unpaired) electrons. The van der Waals surface area contributed by atoms with Gasteiger partial charge in [-0.3, -0.25) is 9.79 Å². The van der Waals surface area contributed by atoms with Gasteiger partial charge in [-0.25, -0.2) is 0 Å². The van der Waals surface area contributed by atoms with Crippen LogP contribution in [0, 0.1) is 0 Å². The summed E-state index contributed by atoms with van der Waals surface area (Å²) in [4.78, 5) is 14.9. The van der Waals surface area contributed by atoms with E-state index >= 15 is 0 Å². The Hall–Kier alpha value is -0.660. The Balaban J connectivity index is 2.53. The maximum Gasteiger partial charge on any atom is 0.140 e. The molecule has 1 aliphatic heterocycles. The molecule has 0 aromatic heterocycles. The van der Waals surface area contributed by atoms with Crippen LogP contribution in [0.15, 0.2) is 4.99 Å². The van der Waals surface area contributed by atoms with Gasteiger partial charge in [0.05, 0.1) is 0 Å². The maximum absolute atomic E-state index is 10.8. The molecule has 1 heterocycles. The zero-order valence-electron chi connectivity index (χ0n) is 5.68. The number of nitrogens with zero attached hydrogens (tertiary/aromatic N) is 1. The number of aliphatic imine (C=N–C) groups is 1. The van der Waals surface area contributed by atoms with Crippen molar-refractivity contribution in [2.24, 2.45) is 4.99 Å². The SMILES string of the molecule is CCC1=NCCC(=O)C1. The van der Waals surface area contributed by atoms with Gasteiger partial charge in [0.15, 0.2) is 0 Å². The van der Waals surface area contributed by atoms with Gasteiger partial charge in [-0.1, -0.05) is 6.92 Å². The van der Waals surface area contributed by atoms with Crippen molar-refractivity contribution in [2.45, 2.75) is 26.2 Å². The quantitative estimate of drug-likeness (QED) is 0.517. The van der Waals surface area contributed by atoms with Gasteiger partial charge < -0.3 is 0 Å². The van der Waals surface area contributed by atoms with E-state index in [0.717, 1.165) is 18.7 Å². The summed E-state index contributed by atoms with van der Waals surface area (Å²) >= 11 is 0. The molecule has 0 aliphatic carbocycles. The fourth-order valence-corrected chi connectivity index (χ4v) is 0.947. The van der Waals surface area contributed by atoms with Crippen molar-refractivity contribution < 1.29 is 4.79 Å². The number of hydrogen-bond acceptors (Lipinski definition) is 2. The van der Waals surface area contributed by atoms with Crippen LogP contribution in [0.3, 0.4) is 0 Å². The zero-order valence-corrected chi connectivity index (χ0v) is 5.68. The van der Waals surface area contributed by atoms with E-state index in [1.54, 1.807) is 0 Å². The minimum atomic E-state index is 0.349. The molecule has 2 heteroatoms. The summed E-state index contributed by atoms with van der Waals surface area (Å²) in [6.07, 6.45) is 2.20. The largest absolute Gasteiger partial charge is 0.299 e. The Bertz CT molecular complexity index is 149. The average Bonchev–Trinajstić information content (AvgIpc) is 1.88. The molecule has 0 amide bonds. The lowest BCUT2D eigenvalue weighted by atomic mass is 10.1. The van der Waals surface area contributed by atoms with Crippen LogP contribution < -0.4 is 0 Å². The van der Waals surface area contributed by atoms with Gasteiger partial charge in [-0.05, 0) is 6.42 Å². The molecule has 0 fully saturated rings. The Morgan fingerprint density at radius 3 is 2.89 bits per heavy atom. The van der Waals surface area contributed by atoms with Crippen LogP contribution in [0.4, 0.5) is 0 Å². The predicted octanol–water partition coefficient (Wildman–Crippen LogP) is 1.20. The summed E-state index contributed by atoms with van der Waals surface area (Å²) in [7, 11) is 0. The lowest BCUT2D eigenvalue weighted by Crippen LogP contribution is -2.14. The van der Waals surface area contributed by atoms with Crippen LogP contribution in [-0.4, -0.2) is 18.0 Å². The van der Waals surface area contributed by atoms with Crippen LogP contribution in [0.1, 0.15) is 26.2 Å². The number of hydrogen-bond donors (Lipinski definition) is 0. The van der Waals surface area contributed by atoms with Crippen molar-refractivity contribution in [1.82, 2.24) is 0 Å². The first-order valence-corrected chi connectivity index (χ1v) is 3.37. The maximum atomic E-state index is 10.8. The van der Waals surface area contributed by atoms with Crippen LogP contribution in [-0.2, 0) is 4.79 Å². The van der Waals surface area contributed by atoms with Crippen LogP contribution in [0.5, 0.6) is 0 Å².